The Bertz CT molecular complexity index is 1270. The van der Waals surface area contributed by atoms with Crippen LogP contribution in [0, 0.1) is 0 Å². The Hall–Kier alpha value is -4.12. The number of hydrogen-bond acceptors (Lipinski definition) is 3. The maximum atomic E-state index is 12.9. The minimum absolute atomic E-state index is 0.109. The van der Waals surface area contributed by atoms with E-state index in [1.165, 1.54) is 0 Å². The zero-order chi connectivity index (χ0) is 20.5. The van der Waals surface area contributed by atoms with Crippen molar-refractivity contribution < 1.29 is 4.79 Å². The fourth-order valence-corrected chi connectivity index (χ4v) is 3.77. The van der Waals surface area contributed by atoms with Crippen molar-refractivity contribution in [2.75, 3.05) is 10.6 Å². The van der Waals surface area contributed by atoms with Crippen molar-refractivity contribution in [1.29, 1.82) is 0 Å². The van der Waals surface area contributed by atoms with Gasteiger partial charge < -0.3 is 15.2 Å². The van der Waals surface area contributed by atoms with Gasteiger partial charge in [0.1, 0.15) is 5.82 Å². The molecule has 5 nitrogen and oxygen atoms in total. The van der Waals surface area contributed by atoms with Crippen LogP contribution in [-0.2, 0) is 11.8 Å². The molecule has 30 heavy (non-hydrogen) atoms. The lowest BCUT2D eigenvalue weighted by Gasteiger charge is -2.15. The third-order valence-corrected chi connectivity index (χ3v) is 5.20. The maximum Gasteiger partial charge on any atom is 0.258 e. The number of carbonyl (C=O) groups excluding carboxylic acids is 1. The van der Waals surface area contributed by atoms with Crippen LogP contribution in [0.2, 0.25) is 0 Å². The topological polar surface area (TPSA) is 59.0 Å². The summed E-state index contributed by atoms with van der Waals surface area (Å²) in [5.74, 6) is 0.777. The van der Waals surface area contributed by atoms with E-state index >= 15 is 0 Å². The number of nitrogens with one attached hydrogen (secondary N) is 2. The van der Waals surface area contributed by atoms with E-state index in [1.807, 2.05) is 96.7 Å². The van der Waals surface area contributed by atoms with Crippen molar-refractivity contribution in [3.63, 3.8) is 0 Å². The first-order valence-corrected chi connectivity index (χ1v) is 9.76. The van der Waals surface area contributed by atoms with Crippen molar-refractivity contribution in [2.45, 2.75) is 0 Å². The summed E-state index contributed by atoms with van der Waals surface area (Å²) in [6.07, 6.45) is 3.71. The molecule has 0 radical (unpaired) electrons. The molecule has 2 heterocycles. The second-order valence-corrected chi connectivity index (χ2v) is 7.18. The van der Waals surface area contributed by atoms with Crippen molar-refractivity contribution in [1.82, 2.24) is 9.55 Å². The number of aromatic nitrogens is 2. The van der Waals surface area contributed by atoms with Crippen LogP contribution < -0.4 is 10.6 Å². The lowest BCUT2D eigenvalue weighted by molar-refractivity contribution is -0.110. The van der Waals surface area contributed by atoms with Gasteiger partial charge >= 0.3 is 0 Å². The molecule has 0 aliphatic carbocycles. The number of nitrogens with zero attached hydrogens (tertiary/aromatic N) is 2. The first-order valence-electron chi connectivity index (χ1n) is 9.76. The summed E-state index contributed by atoms with van der Waals surface area (Å²) in [4.78, 5) is 17.4. The number of benzene rings is 3. The molecular formula is C25H20N4O. The number of aryl methyl sites for hydroxylation is 1. The number of fused-ring (bicyclic) bond motifs is 1. The number of rotatable bonds is 4. The number of hydrogen-bond donors (Lipinski definition) is 2. The van der Waals surface area contributed by atoms with Gasteiger partial charge in [-0.15, -0.1) is 0 Å². The second-order valence-electron chi connectivity index (χ2n) is 7.18. The van der Waals surface area contributed by atoms with Gasteiger partial charge in [-0.2, -0.15) is 0 Å². The summed E-state index contributed by atoms with van der Waals surface area (Å²) in [6.45, 7) is 0. The van der Waals surface area contributed by atoms with Crippen molar-refractivity contribution in [3.8, 4) is 11.4 Å². The molecule has 1 aliphatic rings. The van der Waals surface area contributed by atoms with Crippen molar-refractivity contribution in [3.05, 3.63) is 102 Å². The predicted octanol–water partition coefficient (Wildman–Crippen LogP) is 5.02. The summed E-state index contributed by atoms with van der Waals surface area (Å²) in [5.41, 5.74) is 5.97. The highest BCUT2D eigenvalue weighted by atomic mass is 16.2. The van der Waals surface area contributed by atoms with E-state index in [9.17, 15) is 4.79 Å². The maximum absolute atomic E-state index is 12.9. The summed E-state index contributed by atoms with van der Waals surface area (Å²) >= 11 is 0. The van der Waals surface area contributed by atoms with Gasteiger partial charge in [0, 0.05) is 41.9 Å². The summed E-state index contributed by atoms with van der Waals surface area (Å²) in [5, 5.41) is 6.49. The molecule has 2 N–H and O–H groups in total. The van der Waals surface area contributed by atoms with Crippen molar-refractivity contribution >= 4 is 28.6 Å². The SMILES string of the molecule is Cn1ccnc1-c1cccc(N/C(=C2\C(=O)Nc3ccccc32)c2ccccc2)c1. The molecule has 1 amide bonds. The van der Waals surface area contributed by atoms with E-state index in [0.29, 0.717) is 5.57 Å². The van der Waals surface area contributed by atoms with Gasteiger partial charge in [-0.05, 0) is 23.8 Å². The van der Waals surface area contributed by atoms with E-state index in [4.69, 9.17) is 0 Å². The molecule has 0 spiro atoms. The minimum Gasteiger partial charge on any atom is -0.354 e. The van der Waals surface area contributed by atoms with Crippen LogP contribution in [0.25, 0.3) is 22.7 Å². The lowest BCUT2D eigenvalue weighted by Crippen LogP contribution is -2.10. The van der Waals surface area contributed by atoms with Crippen LogP contribution in [0.3, 0.4) is 0 Å². The lowest BCUT2D eigenvalue weighted by atomic mass is 10.00. The zero-order valence-corrected chi connectivity index (χ0v) is 16.5. The Balaban J connectivity index is 1.64. The quantitative estimate of drug-likeness (QED) is 0.480. The Morgan fingerprint density at radius 1 is 0.967 bits per heavy atom. The molecule has 3 aromatic carbocycles. The van der Waals surface area contributed by atoms with Crippen LogP contribution in [0.1, 0.15) is 11.1 Å². The zero-order valence-electron chi connectivity index (χ0n) is 16.5. The first kappa shape index (κ1) is 17.9. The van der Waals surface area contributed by atoms with E-state index in [2.05, 4.69) is 15.6 Å². The molecule has 0 atom stereocenters. The largest absolute Gasteiger partial charge is 0.354 e. The van der Waals surface area contributed by atoms with Crippen LogP contribution in [-0.4, -0.2) is 15.5 Å². The Morgan fingerprint density at radius 2 is 1.77 bits per heavy atom. The van der Waals surface area contributed by atoms with E-state index in [1.54, 1.807) is 6.20 Å². The third-order valence-electron chi connectivity index (χ3n) is 5.20. The Kier molecular flexibility index (Phi) is 4.41. The number of amides is 1. The highest BCUT2D eigenvalue weighted by Crippen LogP contribution is 2.37. The molecule has 0 saturated heterocycles. The molecule has 5 heteroatoms. The molecule has 0 fully saturated rings. The van der Waals surface area contributed by atoms with E-state index in [0.717, 1.165) is 39.6 Å². The molecular weight excluding hydrogens is 372 g/mol. The monoisotopic (exact) mass is 392 g/mol. The van der Waals surface area contributed by atoms with E-state index in [-0.39, 0.29) is 5.91 Å². The molecule has 0 saturated carbocycles. The molecule has 146 valence electrons. The Labute approximate surface area is 174 Å². The molecule has 4 aromatic rings. The molecule has 1 aromatic heterocycles. The standard InChI is InChI=1S/C25H20N4O/c1-29-15-14-26-24(29)18-10-7-11-19(16-18)27-23(17-8-3-2-4-9-17)22-20-12-5-6-13-21(20)28-25(22)30/h2-16,27H,1H3,(H,28,30)/b23-22-. The van der Waals surface area contributed by atoms with Gasteiger partial charge in [-0.25, -0.2) is 4.98 Å². The summed E-state index contributed by atoms with van der Waals surface area (Å²) in [6, 6.07) is 25.7. The fraction of sp³-hybridized carbons (Fsp3) is 0.0400. The second kappa shape index (κ2) is 7.37. The van der Waals surface area contributed by atoms with Gasteiger partial charge in [0.25, 0.3) is 5.91 Å². The smallest absolute Gasteiger partial charge is 0.258 e. The molecule has 5 rings (SSSR count). The number of imidazole rings is 1. The highest BCUT2D eigenvalue weighted by Gasteiger charge is 2.28. The van der Waals surface area contributed by atoms with Crippen LogP contribution in [0.4, 0.5) is 11.4 Å². The number of anilines is 2. The van der Waals surface area contributed by atoms with Crippen LogP contribution >= 0.6 is 0 Å². The van der Waals surface area contributed by atoms with Gasteiger partial charge in [-0.1, -0.05) is 60.7 Å². The van der Waals surface area contributed by atoms with Crippen LogP contribution in [0.15, 0.2) is 91.3 Å². The molecule has 0 unspecified atom stereocenters. The number of para-hydroxylation sites is 1. The van der Waals surface area contributed by atoms with Gasteiger partial charge in [0.15, 0.2) is 0 Å². The minimum atomic E-state index is -0.109. The first-order chi connectivity index (χ1) is 14.7. The molecule has 0 bridgehead atoms. The predicted molar refractivity (Wildman–Crippen MR) is 121 cm³/mol. The fourth-order valence-electron chi connectivity index (χ4n) is 3.77. The van der Waals surface area contributed by atoms with Crippen molar-refractivity contribution in [2.24, 2.45) is 7.05 Å². The van der Waals surface area contributed by atoms with Gasteiger partial charge in [0.2, 0.25) is 0 Å². The Morgan fingerprint density at radius 3 is 2.57 bits per heavy atom. The third kappa shape index (κ3) is 3.16. The average Bonchev–Trinajstić information content (AvgIpc) is 3.35. The summed E-state index contributed by atoms with van der Waals surface area (Å²) in [7, 11) is 1.97. The summed E-state index contributed by atoms with van der Waals surface area (Å²) < 4.78 is 1.98. The molecule has 1 aliphatic heterocycles. The number of carbonyl (C=O) groups is 1. The van der Waals surface area contributed by atoms with Crippen LogP contribution in [0.5, 0.6) is 0 Å². The van der Waals surface area contributed by atoms with Gasteiger partial charge in [-0.3, -0.25) is 4.79 Å². The average molecular weight is 392 g/mol. The highest BCUT2D eigenvalue weighted by molar-refractivity contribution is 6.37. The van der Waals surface area contributed by atoms with E-state index < -0.39 is 0 Å². The van der Waals surface area contributed by atoms with Gasteiger partial charge in [0.05, 0.1) is 11.3 Å². The normalized spacial score (nSPS) is 14.2.